The Morgan fingerprint density at radius 2 is 1.75 bits per heavy atom. The van der Waals surface area contributed by atoms with E-state index in [0.717, 1.165) is 11.3 Å². The molecule has 4 rings (SSSR count). The third-order valence-electron chi connectivity index (χ3n) is 4.41. The normalized spacial score (nSPS) is 16.4. The van der Waals surface area contributed by atoms with E-state index in [-0.39, 0.29) is 16.6 Å². The van der Waals surface area contributed by atoms with E-state index in [2.05, 4.69) is 26.2 Å². The highest BCUT2D eigenvalue weighted by atomic mass is 79.9. The van der Waals surface area contributed by atoms with Gasteiger partial charge < -0.3 is 9.50 Å². The second kappa shape index (κ2) is 9.32. The second-order valence-electron chi connectivity index (χ2n) is 6.85. The van der Waals surface area contributed by atoms with E-state index >= 15 is 0 Å². The van der Waals surface area contributed by atoms with Crippen molar-refractivity contribution in [2.24, 2.45) is 4.99 Å². The number of aryl methyl sites for hydroxylation is 1. The first-order valence-electron chi connectivity index (χ1n) is 9.45. The molecule has 6 nitrogen and oxygen atoms in total. The number of rotatable bonds is 5. The highest BCUT2D eigenvalue weighted by molar-refractivity contribution is 9.10. The molecule has 1 fully saturated rings. The van der Waals surface area contributed by atoms with Gasteiger partial charge in [-0.2, -0.15) is 8.42 Å². The molecule has 9 heteroatoms. The molecule has 32 heavy (non-hydrogen) atoms. The molecular formula is C23H17BrN2O4S2. The van der Waals surface area contributed by atoms with Gasteiger partial charge in [-0.3, -0.25) is 4.79 Å². The maximum Gasteiger partial charge on any atom is 0.339 e. The fourth-order valence-corrected chi connectivity index (χ4v) is 5.01. The third kappa shape index (κ3) is 5.29. The Kier molecular flexibility index (Phi) is 6.50. The van der Waals surface area contributed by atoms with Crippen molar-refractivity contribution < 1.29 is 17.4 Å². The van der Waals surface area contributed by atoms with Gasteiger partial charge in [-0.25, -0.2) is 4.99 Å². The van der Waals surface area contributed by atoms with Crippen molar-refractivity contribution in [1.29, 1.82) is 0 Å². The molecule has 1 N–H and O–H groups in total. The van der Waals surface area contributed by atoms with Crippen molar-refractivity contribution in [3.63, 3.8) is 0 Å². The van der Waals surface area contributed by atoms with Crippen molar-refractivity contribution in [1.82, 2.24) is 5.32 Å². The van der Waals surface area contributed by atoms with Crippen LogP contribution in [0.25, 0.3) is 6.08 Å². The number of nitrogens with one attached hydrogen (secondary N) is 1. The van der Waals surface area contributed by atoms with Crippen LogP contribution in [0.4, 0.5) is 5.69 Å². The molecule has 1 aliphatic rings. The molecule has 0 aromatic heterocycles. The molecule has 3 aromatic carbocycles. The maximum absolute atomic E-state index is 12.7. The van der Waals surface area contributed by atoms with Gasteiger partial charge in [0.2, 0.25) is 0 Å². The van der Waals surface area contributed by atoms with E-state index in [1.54, 1.807) is 36.4 Å². The summed E-state index contributed by atoms with van der Waals surface area (Å²) < 4.78 is 31.4. The van der Waals surface area contributed by atoms with Gasteiger partial charge >= 0.3 is 10.1 Å². The first-order chi connectivity index (χ1) is 15.3. The topological polar surface area (TPSA) is 84.8 Å². The van der Waals surface area contributed by atoms with E-state index in [1.165, 1.54) is 30.0 Å². The van der Waals surface area contributed by atoms with Crippen LogP contribution in [0.5, 0.6) is 5.75 Å². The Morgan fingerprint density at radius 1 is 1.03 bits per heavy atom. The number of thioether (sulfide) groups is 1. The highest BCUT2D eigenvalue weighted by Crippen LogP contribution is 2.33. The average molecular weight is 529 g/mol. The quantitative estimate of drug-likeness (QED) is 0.353. The van der Waals surface area contributed by atoms with Gasteiger partial charge in [0.25, 0.3) is 5.91 Å². The lowest BCUT2D eigenvalue weighted by molar-refractivity contribution is -0.115. The van der Waals surface area contributed by atoms with E-state index < -0.39 is 10.1 Å². The number of benzene rings is 3. The molecule has 1 aliphatic heterocycles. The highest BCUT2D eigenvalue weighted by Gasteiger charge is 2.25. The summed E-state index contributed by atoms with van der Waals surface area (Å²) in [4.78, 5) is 17.4. The summed E-state index contributed by atoms with van der Waals surface area (Å²) in [6.07, 6.45) is 1.58. The third-order valence-corrected chi connectivity index (χ3v) is 7.06. The van der Waals surface area contributed by atoms with Gasteiger partial charge in [0, 0.05) is 10.0 Å². The number of amidine groups is 1. The van der Waals surface area contributed by atoms with E-state index in [4.69, 9.17) is 4.18 Å². The monoisotopic (exact) mass is 528 g/mol. The first kappa shape index (κ1) is 22.3. The van der Waals surface area contributed by atoms with Crippen LogP contribution >= 0.6 is 27.7 Å². The minimum absolute atomic E-state index is 0.0435. The number of carbonyl (C=O) groups is 1. The van der Waals surface area contributed by atoms with Crippen LogP contribution in [0.2, 0.25) is 0 Å². The van der Waals surface area contributed by atoms with Crippen molar-refractivity contribution in [3.8, 4) is 5.75 Å². The van der Waals surface area contributed by atoms with Crippen LogP contribution in [0.1, 0.15) is 11.1 Å². The van der Waals surface area contributed by atoms with Gasteiger partial charge in [-0.15, -0.1) is 0 Å². The summed E-state index contributed by atoms with van der Waals surface area (Å²) in [5, 5.41) is 3.17. The standard InChI is InChI=1S/C23H17BrN2O4S2/c1-15-7-10-18(11-8-15)25-23-26-22(27)21(31-23)14-16-13-17(24)9-12-20(16)30-32(28,29)19-5-3-2-4-6-19/h2-14H,1H3,(H,25,26,27)/b21-14-. The number of hydrogen-bond acceptors (Lipinski definition) is 6. The van der Waals surface area contributed by atoms with Crippen molar-refractivity contribution in [3.05, 3.63) is 93.3 Å². The molecule has 0 aliphatic carbocycles. The molecular weight excluding hydrogens is 512 g/mol. The van der Waals surface area contributed by atoms with E-state index in [9.17, 15) is 13.2 Å². The molecule has 0 radical (unpaired) electrons. The zero-order valence-electron chi connectivity index (χ0n) is 16.8. The zero-order chi connectivity index (χ0) is 22.7. The molecule has 0 spiro atoms. The van der Waals surface area contributed by atoms with Crippen molar-refractivity contribution >= 4 is 60.6 Å². The number of amides is 1. The van der Waals surface area contributed by atoms with Gasteiger partial charge in [-0.1, -0.05) is 51.8 Å². The summed E-state index contributed by atoms with van der Waals surface area (Å²) in [6, 6.07) is 20.4. The van der Waals surface area contributed by atoms with Crippen LogP contribution in [0, 0.1) is 6.92 Å². The molecule has 0 bridgehead atoms. The Morgan fingerprint density at radius 3 is 2.47 bits per heavy atom. The predicted molar refractivity (Wildman–Crippen MR) is 130 cm³/mol. The number of carbonyl (C=O) groups excluding carboxylic acids is 1. The van der Waals surface area contributed by atoms with Crippen LogP contribution in [-0.4, -0.2) is 19.5 Å². The van der Waals surface area contributed by atoms with Crippen molar-refractivity contribution in [2.45, 2.75) is 11.8 Å². The van der Waals surface area contributed by atoms with E-state index in [1.807, 2.05) is 31.2 Å². The number of aliphatic imine (C=N–C) groups is 1. The first-order valence-corrected chi connectivity index (χ1v) is 12.5. The predicted octanol–water partition coefficient (Wildman–Crippen LogP) is 5.42. The van der Waals surface area contributed by atoms with Crippen LogP contribution < -0.4 is 9.50 Å². The molecule has 1 saturated heterocycles. The molecule has 1 heterocycles. The largest absolute Gasteiger partial charge is 0.378 e. The van der Waals surface area contributed by atoms with Crippen molar-refractivity contribution in [2.75, 3.05) is 0 Å². The summed E-state index contributed by atoms with van der Waals surface area (Å²) in [5.74, 6) is -0.209. The zero-order valence-corrected chi connectivity index (χ0v) is 20.0. The fraction of sp³-hybridized carbons (Fsp3) is 0.0435. The average Bonchev–Trinajstić information content (AvgIpc) is 3.11. The van der Waals surface area contributed by atoms with Gasteiger partial charge in [0.05, 0.1) is 10.6 Å². The van der Waals surface area contributed by atoms with Crippen LogP contribution in [0.15, 0.2) is 92.1 Å². The molecule has 0 atom stereocenters. The Labute approximate surface area is 198 Å². The minimum Gasteiger partial charge on any atom is -0.378 e. The van der Waals surface area contributed by atoms with Gasteiger partial charge in [-0.05, 0) is 67.2 Å². The lowest BCUT2D eigenvalue weighted by atomic mass is 10.2. The molecule has 3 aromatic rings. The Bertz CT molecular complexity index is 1340. The maximum atomic E-state index is 12.7. The SMILES string of the molecule is Cc1ccc(N=C2NC(=O)/C(=C/c3cc(Br)ccc3OS(=O)(=O)c3ccccc3)S2)cc1. The second-order valence-corrected chi connectivity index (χ2v) is 10.3. The molecule has 0 unspecified atom stereocenters. The lowest BCUT2D eigenvalue weighted by Crippen LogP contribution is -2.19. The van der Waals surface area contributed by atoms with Gasteiger partial charge in [0.1, 0.15) is 10.6 Å². The Balaban J connectivity index is 1.63. The molecule has 1 amide bonds. The van der Waals surface area contributed by atoms with Gasteiger partial charge in [0.15, 0.2) is 5.17 Å². The number of halogens is 1. The summed E-state index contributed by atoms with van der Waals surface area (Å²) >= 11 is 4.55. The van der Waals surface area contributed by atoms with Crippen LogP contribution in [0.3, 0.4) is 0 Å². The van der Waals surface area contributed by atoms with E-state index in [0.29, 0.717) is 20.1 Å². The lowest BCUT2D eigenvalue weighted by Gasteiger charge is -2.10. The fourth-order valence-electron chi connectivity index (χ4n) is 2.82. The summed E-state index contributed by atoms with van der Waals surface area (Å²) in [5.41, 5.74) is 2.28. The van der Waals surface area contributed by atoms with Crippen LogP contribution in [-0.2, 0) is 14.9 Å². The number of hydrogen-bond donors (Lipinski definition) is 1. The Hall–Kier alpha value is -2.88. The smallest absolute Gasteiger partial charge is 0.339 e. The number of nitrogens with zero attached hydrogens (tertiary/aromatic N) is 1. The summed E-state index contributed by atoms with van der Waals surface area (Å²) in [7, 11) is -4.03. The molecule has 0 saturated carbocycles. The minimum atomic E-state index is -4.03. The summed E-state index contributed by atoms with van der Waals surface area (Å²) in [6.45, 7) is 1.99. The molecule has 162 valence electrons.